The Bertz CT molecular complexity index is 471. The van der Waals surface area contributed by atoms with E-state index in [-0.39, 0.29) is 25.0 Å². The van der Waals surface area contributed by atoms with E-state index in [1.54, 1.807) is 27.7 Å². The second-order valence-electron chi connectivity index (χ2n) is 7.49. The number of nitrogens with zero attached hydrogens (tertiary/aromatic N) is 1. The Morgan fingerprint density at radius 2 is 1.96 bits per heavy atom. The Balaban J connectivity index is 0.000000182. The summed E-state index contributed by atoms with van der Waals surface area (Å²) in [5.74, 6) is -0.435. The number of ether oxygens (including phenoxy) is 5. The summed E-state index contributed by atoms with van der Waals surface area (Å²) in [7, 11) is 0. The van der Waals surface area contributed by atoms with Crippen molar-refractivity contribution in [1.82, 2.24) is 4.90 Å². The lowest BCUT2D eigenvalue weighted by atomic mass is 10.2. The fraction of sp³-hybridized carbons (Fsp3) is 0.875. The van der Waals surface area contributed by atoms with Crippen molar-refractivity contribution in [3.8, 4) is 0 Å². The largest absolute Gasteiger partial charge is 0.444 e. The second kappa shape index (κ2) is 6.85. The van der Waals surface area contributed by atoms with Gasteiger partial charge in [0.05, 0.1) is 13.2 Å². The number of hydrogen-bond acceptors (Lipinski definition) is 7. The van der Waals surface area contributed by atoms with Gasteiger partial charge in [-0.15, -0.1) is 0 Å². The van der Waals surface area contributed by atoms with Gasteiger partial charge in [0.1, 0.15) is 17.8 Å². The minimum Gasteiger partial charge on any atom is -0.444 e. The predicted octanol–water partition coefficient (Wildman–Crippen LogP) is 2.65. The van der Waals surface area contributed by atoms with Gasteiger partial charge in [-0.25, -0.2) is 14.5 Å². The zero-order valence-electron chi connectivity index (χ0n) is 15.2. The van der Waals surface area contributed by atoms with Gasteiger partial charge < -0.3 is 23.7 Å². The van der Waals surface area contributed by atoms with Crippen molar-refractivity contribution >= 4 is 12.2 Å². The van der Waals surface area contributed by atoms with Crippen LogP contribution in [-0.2, 0) is 23.7 Å². The van der Waals surface area contributed by atoms with Crippen LogP contribution in [0.1, 0.15) is 48.0 Å². The van der Waals surface area contributed by atoms with Crippen LogP contribution in [0.5, 0.6) is 0 Å². The fourth-order valence-electron chi connectivity index (χ4n) is 2.51. The molecule has 138 valence electrons. The Hall–Kier alpha value is -1.38. The van der Waals surface area contributed by atoms with Crippen LogP contribution in [-0.4, -0.2) is 60.1 Å². The van der Waals surface area contributed by atoms with E-state index in [1.807, 2.05) is 13.8 Å². The monoisotopic (exact) mass is 345 g/mol. The Morgan fingerprint density at radius 3 is 2.46 bits per heavy atom. The summed E-state index contributed by atoms with van der Waals surface area (Å²) in [6.45, 7) is 11.8. The van der Waals surface area contributed by atoms with Crippen molar-refractivity contribution in [1.29, 1.82) is 0 Å². The maximum atomic E-state index is 11.4. The van der Waals surface area contributed by atoms with E-state index in [9.17, 15) is 9.59 Å². The van der Waals surface area contributed by atoms with Gasteiger partial charge >= 0.3 is 12.2 Å². The van der Waals surface area contributed by atoms with Crippen LogP contribution >= 0.6 is 0 Å². The number of amides is 2. The van der Waals surface area contributed by atoms with E-state index in [1.165, 1.54) is 0 Å². The SMILES string of the molecule is CC1(C)OC2CCOC2O1.CC1CN(C(=O)OC(C)(C)C)C(=O)O1. The fourth-order valence-corrected chi connectivity index (χ4v) is 2.51. The normalized spacial score (nSPS) is 31.2. The molecule has 3 saturated heterocycles. The molecule has 0 aromatic rings. The van der Waals surface area contributed by atoms with Gasteiger partial charge in [0, 0.05) is 6.42 Å². The maximum Gasteiger partial charge on any atom is 0.419 e. The van der Waals surface area contributed by atoms with E-state index in [4.69, 9.17) is 23.7 Å². The van der Waals surface area contributed by atoms with Crippen molar-refractivity contribution in [2.24, 2.45) is 0 Å². The molecule has 3 unspecified atom stereocenters. The summed E-state index contributed by atoms with van der Waals surface area (Å²) >= 11 is 0. The molecule has 0 bridgehead atoms. The highest BCUT2D eigenvalue weighted by Gasteiger charge is 2.44. The maximum absolute atomic E-state index is 11.4. The molecule has 8 heteroatoms. The van der Waals surface area contributed by atoms with Crippen LogP contribution in [0, 0.1) is 0 Å². The standard InChI is InChI=1S/C9H15NO4.C7H12O3/c1-6-5-10(7(11)13-6)8(12)14-9(2,3)4;1-7(2)9-5-3-4-8-6(5)10-7/h6H,5H2,1-4H3;5-6H,3-4H2,1-2H3. The lowest BCUT2D eigenvalue weighted by Crippen LogP contribution is -2.37. The second-order valence-corrected chi connectivity index (χ2v) is 7.49. The number of cyclic esters (lactones) is 1. The highest BCUT2D eigenvalue weighted by molar-refractivity contribution is 5.89. The Labute approximate surface area is 142 Å². The van der Waals surface area contributed by atoms with Crippen LogP contribution in [0.25, 0.3) is 0 Å². The molecule has 0 spiro atoms. The molecule has 0 aromatic carbocycles. The first-order valence-electron chi connectivity index (χ1n) is 8.15. The van der Waals surface area contributed by atoms with E-state index in [2.05, 4.69) is 0 Å². The number of carbonyl (C=O) groups is 2. The van der Waals surface area contributed by atoms with Crippen molar-refractivity contribution in [3.05, 3.63) is 0 Å². The van der Waals surface area contributed by atoms with E-state index < -0.39 is 23.6 Å². The molecule has 0 saturated carbocycles. The quantitative estimate of drug-likeness (QED) is 0.667. The molecule has 0 radical (unpaired) electrons. The van der Waals surface area contributed by atoms with Gasteiger partial charge in [0.2, 0.25) is 0 Å². The van der Waals surface area contributed by atoms with Crippen molar-refractivity contribution in [2.45, 2.75) is 77.8 Å². The first kappa shape index (κ1) is 19.0. The first-order valence-corrected chi connectivity index (χ1v) is 8.15. The summed E-state index contributed by atoms with van der Waals surface area (Å²) < 4.78 is 26.0. The lowest BCUT2D eigenvalue weighted by Gasteiger charge is -2.21. The molecule has 3 aliphatic heterocycles. The van der Waals surface area contributed by atoms with Crippen LogP contribution in [0.2, 0.25) is 0 Å². The molecule has 0 aliphatic carbocycles. The van der Waals surface area contributed by atoms with Gasteiger partial charge in [-0.3, -0.25) is 0 Å². The highest BCUT2D eigenvalue weighted by Crippen LogP contribution is 2.33. The van der Waals surface area contributed by atoms with Crippen molar-refractivity contribution in [3.63, 3.8) is 0 Å². The molecule has 24 heavy (non-hydrogen) atoms. The number of carbonyl (C=O) groups excluding carboxylic acids is 2. The summed E-state index contributed by atoms with van der Waals surface area (Å²) in [6.07, 6.45) is -0.493. The third-order valence-corrected chi connectivity index (χ3v) is 3.40. The Kier molecular flexibility index (Phi) is 5.41. The lowest BCUT2D eigenvalue weighted by molar-refractivity contribution is -0.192. The molecular formula is C16H27NO7. The van der Waals surface area contributed by atoms with Crippen LogP contribution in [0.4, 0.5) is 9.59 Å². The highest BCUT2D eigenvalue weighted by atomic mass is 16.8. The van der Waals surface area contributed by atoms with Gasteiger partial charge in [0.15, 0.2) is 12.1 Å². The van der Waals surface area contributed by atoms with Crippen LogP contribution in [0.15, 0.2) is 0 Å². The molecule has 3 fully saturated rings. The van der Waals surface area contributed by atoms with Crippen molar-refractivity contribution < 1.29 is 33.3 Å². The zero-order chi connectivity index (χ0) is 18.1. The summed E-state index contributed by atoms with van der Waals surface area (Å²) in [6, 6.07) is 0. The smallest absolute Gasteiger partial charge is 0.419 e. The van der Waals surface area contributed by atoms with E-state index in [0.29, 0.717) is 0 Å². The van der Waals surface area contributed by atoms with Crippen LogP contribution < -0.4 is 0 Å². The number of fused-ring (bicyclic) bond motifs is 1. The molecule has 0 N–H and O–H groups in total. The summed E-state index contributed by atoms with van der Waals surface area (Å²) in [5.41, 5.74) is -0.594. The molecular weight excluding hydrogens is 318 g/mol. The zero-order valence-corrected chi connectivity index (χ0v) is 15.2. The van der Waals surface area contributed by atoms with E-state index in [0.717, 1.165) is 17.9 Å². The van der Waals surface area contributed by atoms with Gasteiger partial charge in [-0.2, -0.15) is 0 Å². The molecule has 3 rings (SSSR count). The molecule has 3 atom stereocenters. The first-order chi connectivity index (χ1) is 11.0. The van der Waals surface area contributed by atoms with Gasteiger partial charge in [-0.1, -0.05) is 0 Å². The minimum absolute atomic E-state index is 0.102. The minimum atomic E-state index is -0.646. The van der Waals surface area contributed by atoms with Crippen LogP contribution in [0.3, 0.4) is 0 Å². The average Bonchev–Trinajstić information content (AvgIpc) is 3.00. The molecule has 3 heterocycles. The molecule has 8 nitrogen and oxygen atoms in total. The third kappa shape index (κ3) is 5.06. The number of imide groups is 1. The number of rotatable bonds is 0. The van der Waals surface area contributed by atoms with Gasteiger partial charge in [-0.05, 0) is 41.5 Å². The third-order valence-electron chi connectivity index (χ3n) is 3.40. The Morgan fingerprint density at radius 1 is 1.29 bits per heavy atom. The summed E-state index contributed by atoms with van der Waals surface area (Å²) in [4.78, 5) is 23.5. The van der Waals surface area contributed by atoms with E-state index >= 15 is 0 Å². The average molecular weight is 345 g/mol. The topological polar surface area (TPSA) is 83.5 Å². The summed E-state index contributed by atoms with van der Waals surface area (Å²) in [5, 5.41) is 0. The molecule has 2 amide bonds. The molecule has 3 aliphatic rings. The number of hydrogen-bond donors (Lipinski definition) is 0. The molecule has 0 aromatic heterocycles. The predicted molar refractivity (Wildman–Crippen MR) is 83.3 cm³/mol. The van der Waals surface area contributed by atoms with Gasteiger partial charge in [0.25, 0.3) is 0 Å². The van der Waals surface area contributed by atoms with Crippen molar-refractivity contribution in [2.75, 3.05) is 13.2 Å².